The zero-order chi connectivity index (χ0) is 23.9. The SMILES string of the molecule is CC[C@@H]1C[C@@H](OCCC#N)C[C@@H]1c1nnc2cnc3c(ccn3S(=O)(=O)c3ccc(C)cc3)n12. The van der Waals surface area contributed by atoms with Crippen LogP contribution >= 0.6 is 0 Å². The van der Waals surface area contributed by atoms with Crippen molar-refractivity contribution in [2.45, 2.75) is 56.4 Å². The van der Waals surface area contributed by atoms with Crippen molar-refractivity contribution in [2.75, 3.05) is 6.61 Å². The lowest BCUT2D eigenvalue weighted by Crippen LogP contribution is -2.13. The van der Waals surface area contributed by atoms with Crippen molar-refractivity contribution in [1.82, 2.24) is 23.6 Å². The summed E-state index contributed by atoms with van der Waals surface area (Å²) >= 11 is 0. The van der Waals surface area contributed by atoms with Gasteiger partial charge in [-0.1, -0.05) is 31.0 Å². The Morgan fingerprint density at radius 3 is 2.71 bits per heavy atom. The highest BCUT2D eigenvalue weighted by Crippen LogP contribution is 2.42. The summed E-state index contributed by atoms with van der Waals surface area (Å²) < 4.78 is 35.8. The number of nitriles is 1. The third-order valence-electron chi connectivity index (χ3n) is 6.71. The third kappa shape index (κ3) is 3.75. The molecule has 3 aromatic heterocycles. The second-order valence-corrected chi connectivity index (χ2v) is 10.6. The maximum Gasteiger partial charge on any atom is 0.269 e. The standard InChI is InChI=1S/C24H26N6O3S/c1-3-17-13-18(33-12-4-10-25)14-20(17)23-28-27-22-15-26-24-21(30(22)23)9-11-29(24)34(31,32)19-7-5-16(2)6-8-19/h5-9,11,15,17-18,20H,3-4,12-14H2,1-2H3/t17-,18-,20+/m1/s1. The molecular formula is C24H26N6O3S. The van der Waals surface area contributed by atoms with Crippen LogP contribution in [-0.4, -0.2) is 44.7 Å². The van der Waals surface area contributed by atoms with Gasteiger partial charge in [0.2, 0.25) is 0 Å². The molecule has 0 saturated heterocycles. The Balaban J connectivity index is 1.57. The minimum Gasteiger partial charge on any atom is -0.377 e. The molecule has 0 spiro atoms. The van der Waals surface area contributed by atoms with E-state index >= 15 is 0 Å². The van der Waals surface area contributed by atoms with E-state index in [-0.39, 0.29) is 16.9 Å². The second-order valence-electron chi connectivity index (χ2n) is 8.80. The highest BCUT2D eigenvalue weighted by Gasteiger charge is 2.38. The van der Waals surface area contributed by atoms with Crippen LogP contribution in [0.25, 0.3) is 16.8 Å². The molecule has 4 aromatic rings. The van der Waals surface area contributed by atoms with Gasteiger partial charge in [0.1, 0.15) is 5.82 Å². The predicted octanol–water partition coefficient (Wildman–Crippen LogP) is 3.83. The lowest BCUT2D eigenvalue weighted by atomic mass is 9.93. The van der Waals surface area contributed by atoms with Gasteiger partial charge in [0.25, 0.3) is 10.0 Å². The normalized spacial score (nSPS) is 20.8. The minimum absolute atomic E-state index is 0.0690. The summed E-state index contributed by atoms with van der Waals surface area (Å²) in [6, 6.07) is 10.6. The van der Waals surface area contributed by atoms with E-state index in [1.54, 1.807) is 36.5 Å². The Hall–Kier alpha value is -3.29. The first-order valence-corrected chi connectivity index (χ1v) is 12.9. The fourth-order valence-electron chi connectivity index (χ4n) is 4.96. The zero-order valence-corrected chi connectivity index (χ0v) is 19.9. The first-order chi connectivity index (χ1) is 16.4. The molecule has 176 valence electrons. The van der Waals surface area contributed by atoms with Gasteiger partial charge in [-0.15, -0.1) is 10.2 Å². The fourth-order valence-corrected chi connectivity index (χ4v) is 6.26. The van der Waals surface area contributed by atoms with Gasteiger partial charge in [-0.3, -0.25) is 4.40 Å². The predicted molar refractivity (Wildman–Crippen MR) is 126 cm³/mol. The summed E-state index contributed by atoms with van der Waals surface area (Å²) in [6.07, 6.45) is 6.21. The smallest absolute Gasteiger partial charge is 0.269 e. The number of benzene rings is 1. The lowest BCUT2D eigenvalue weighted by Gasteiger charge is -2.16. The number of rotatable bonds is 7. The molecule has 1 saturated carbocycles. The highest BCUT2D eigenvalue weighted by atomic mass is 32.2. The number of aryl methyl sites for hydroxylation is 1. The quantitative estimate of drug-likeness (QED) is 0.371. The number of hydrogen-bond donors (Lipinski definition) is 0. The molecular weight excluding hydrogens is 452 g/mol. The van der Waals surface area contributed by atoms with Crippen molar-refractivity contribution >= 4 is 26.8 Å². The molecule has 5 rings (SSSR count). The molecule has 34 heavy (non-hydrogen) atoms. The van der Waals surface area contributed by atoms with Gasteiger partial charge in [-0.05, 0) is 43.9 Å². The lowest BCUT2D eigenvalue weighted by molar-refractivity contribution is 0.0588. The summed E-state index contributed by atoms with van der Waals surface area (Å²) in [6.45, 7) is 4.50. The van der Waals surface area contributed by atoms with Crippen molar-refractivity contribution in [2.24, 2.45) is 5.92 Å². The topological polar surface area (TPSA) is 115 Å². The van der Waals surface area contributed by atoms with Crippen LogP contribution in [-0.2, 0) is 14.8 Å². The van der Waals surface area contributed by atoms with Crippen LogP contribution in [0.1, 0.15) is 49.9 Å². The van der Waals surface area contributed by atoms with Crippen molar-refractivity contribution < 1.29 is 13.2 Å². The van der Waals surface area contributed by atoms with E-state index in [0.29, 0.717) is 35.8 Å². The van der Waals surface area contributed by atoms with E-state index in [1.165, 1.54) is 10.2 Å². The van der Waals surface area contributed by atoms with Gasteiger partial charge >= 0.3 is 0 Å². The molecule has 10 heteroatoms. The Morgan fingerprint density at radius 1 is 1.18 bits per heavy atom. The molecule has 0 aliphatic heterocycles. The Bertz CT molecular complexity index is 1480. The molecule has 9 nitrogen and oxygen atoms in total. The number of fused-ring (bicyclic) bond motifs is 3. The summed E-state index contributed by atoms with van der Waals surface area (Å²) in [7, 11) is -3.81. The molecule has 0 unspecified atom stereocenters. The molecule has 3 atom stereocenters. The van der Waals surface area contributed by atoms with Crippen LogP contribution in [0.2, 0.25) is 0 Å². The molecule has 0 bridgehead atoms. The first kappa shape index (κ1) is 22.5. The number of hydrogen-bond acceptors (Lipinski definition) is 7. The van der Waals surface area contributed by atoms with Gasteiger partial charge in [-0.2, -0.15) is 5.26 Å². The van der Waals surface area contributed by atoms with Gasteiger partial charge < -0.3 is 4.74 Å². The molecule has 0 N–H and O–H groups in total. The summed E-state index contributed by atoms with van der Waals surface area (Å²) in [5.41, 5.74) is 2.55. The highest BCUT2D eigenvalue weighted by molar-refractivity contribution is 7.90. The fraction of sp³-hybridized carbons (Fsp3) is 0.417. The molecule has 0 radical (unpaired) electrons. The molecule has 3 heterocycles. The second kappa shape index (κ2) is 8.81. The maximum atomic E-state index is 13.3. The maximum absolute atomic E-state index is 13.3. The van der Waals surface area contributed by atoms with E-state index in [1.807, 2.05) is 11.3 Å². The number of aromatic nitrogens is 5. The third-order valence-corrected chi connectivity index (χ3v) is 8.40. The van der Waals surface area contributed by atoms with Gasteiger partial charge in [0.15, 0.2) is 11.3 Å². The van der Waals surface area contributed by atoms with Gasteiger partial charge in [0.05, 0.1) is 41.8 Å². The van der Waals surface area contributed by atoms with Crippen LogP contribution < -0.4 is 0 Å². The van der Waals surface area contributed by atoms with Crippen LogP contribution in [0.15, 0.2) is 47.6 Å². The van der Waals surface area contributed by atoms with Crippen LogP contribution in [0.3, 0.4) is 0 Å². The Labute approximate surface area is 198 Å². The summed E-state index contributed by atoms with van der Waals surface area (Å²) in [5, 5.41) is 17.6. The van der Waals surface area contributed by atoms with Crippen LogP contribution in [0.5, 0.6) is 0 Å². The molecule has 1 aromatic carbocycles. The molecule has 1 aliphatic rings. The van der Waals surface area contributed by atoms with Gasteiger partial charge in [-0.25, -0.2) is 17.4 Å². The Kier molecular flexibility index (Phi) is 5.83. The van der Waals surface area contributed by atoms with Crippen molar-refractivity contribution in [3.63, 3.8) is 0 Å². The van der Waals surface area contributed by atoms with E-state index < -0.39 is 10.0 Å². The van der Waals surface area contributed by atoms with Gasteiger partial charge in [0, 0.05) is 12.1 Å². The average Bonchev–Trinajstić information content (AvgIpc) is 3.55. The first-order valence-electron chi connectivity index (χ1n) is 11.5. The molecule has 1 aliphatic carbocycles. The summed E-state index contributed by atoms with van der Waals surface area (Å²) in [4.78, 5) is 4.64. The van der Waals surface area contributed by atoms with E-state index in [0.717, 1.165) is 30.7 Å². The zero-order valence-electron chi connectivity index (χ0n) is 19.1. The molecule has 0 amide bonds. The minimum atomic E-state index is -3.81. The van der Waals surface area contributed by atoms with E-state index in [2.05, 4.69) is 28.2 Å². The summed E-state index contributed by atoms with van der Waals surface area (Å²) in [5.74, 6) is 1.28. The number of nitrogens with zero attached hydrogens (tertiary/aromatic N) is 6. The molecule has 1 fully saturated rings. The van der Waals surface area contributed by atoms with Crippen molar-refractivity contribution in [3.8, 4) is 6.07 Å². The Morgan fingerprint density at radius 2 is 1.97 bits per heavy atom. The van der Waals surface area contributed by atoms with E-state index in [4.69, 9.17) is 10.00 Å². The van der Waals surface area contributed by atoms with E-state index in [9.17, 15) is 8.42 Å². The monoisotopic (exact) mass is 478 g/mol. The average molecular weight is 479 g/mol. The van der Waals surface area contributed by atoms with Crippen molar-refractivity contribution in [3.05, 3.63) is 54.1 Å². The van der Waals surface area contributed by atoms with Crippen molar-refractivity contribution in [1.29, 1.82) is 5.26 Å². The number of ether oxygens (including phenoxy) is 1. The van der Waals surface area contributed by atoms with Crippen LogP contribution in [0.4, 0.5) is 0 Å². The largest absolute Gasteiger partial charge is 0.377 e. The van der Waals surface area contributed by atoms with Crippen LogP contribution in [0, 0.1) is 24.2 Å².